The zero-order valence-corrected chi connectivity index (χ0v) is 17.7. The molecule has 4 aliphatic carbocycles. The summed E-state index contributed by atoms with van der Waals surface area (Å²) in [6.07, 6.45) is 9.97. The molecule has 158 valence electrons. The Morgan fingerprint density at radius 3 is 2.68 bits per heavy atom. The second kappa shape index (κ2) is 7.12. The second-order valence-corrected chi connectivity index (χ2v) is 10.9. The van der Waals surface area contributed by atoms with Gasteiger partial charge in [-0.1, -0.05) is 32.4 Å². The highest BCUT2D eigenvalue weighted by atomic mass is 16.4. The third kappa shape index (κ3) is 2.98. The SMILES string of the molecule is C[C@H](CCC(=O)O)[C@H]1CC=C2C3CC[C@@H]4C[C@H](O)CC[C@]4(C)[C@H]3C[C@H](O)[C@@]21C. The molecular weight excluding hydrogens is 352 g/mol. The van der Waals surface area contributed by atoms with E-state index < -0.39 is 5.97 Å². The fourth-order valence-electron chi connectivity index (χ4n) is 7.96. The van der Waals surface area contributed by atoms with E-state index in [9.17, 15) is 15.0 Å². The van der Waals surface area contributed by atoms with Crippen molar-refractivity contribution in [2.45, 2.75) is 90.8 Å². The molecule has 1 unspecified atom stereocenters. The van der Waals surface area contributed by atoms with Gasteiger partial charge >= 0.3 is 5.97 Å². The zero-order chi connectivity index (χ0) is 20.3. The molecular formula is C24H38O4. The van der Waals surface area contributed by atoms with Gasteiger partial charge in [0.2, 0.25) is 0 Å². The summed E-state index contributed by atoms with van der Waals surface area (Å²) < 4.78 is 0. The molecule has 0 saturated heterocycles. The van der Waals surface area contributed by atoms with Crippen LogP contribution in [0.25, 0.3) is 0 Å². The molecule has 4 heteroatoms. The Morgan fingerprint density at radius 1 is 1.21 bits per heavy atom. The van der Waals surface area contributed by atoms with E-state index in [-0.39, 0.29) is 29.5 Å². The lowest BCUT2D eigenvalue weighted by Gasteiger charge is -2.61. The van der Waals surface area contributed by atoms with Gasteiger partial charge in [0.15, 0.2) is 0 Å². The molecule has 4 nitrogen and oxygen atoms in total. The van der Waals surface area contributed by atoms with Crippen molar-refractivity contribution >= 4 is 5.97 Å². The molecule has 0 aliphatic heterocycles. The molecule has 9 atom stereocenters. The summed E-state index contributed by atoms with van der Waals surface area (Å²) in [7, 11) is 0. The molecule has 0 aromatic carbocycles. The summed E-state index contributed by atoms with van der Waals surface area (Å²) in [6.45, 7) is 6.86. The number of carbonyl (C=O) groups is 1. The van der Waals surface area contributed by atoms with Gasteiger partial charge in [0, 0.05) is 11.8 Å². The topological polar surface area (TPSA) is 77.8 Å². The first kappa shape index (κ1) is 20.4. The second-order valence-electron chi connectivity index (χ2n) is 10.9. The van der Waals surface area contributed by atoms with Gasteiger partial charge in [0.1, 0.15) is 0 Å². The lowest BCUT2D eigenvalue weighted by atomic mass is 9.45. The predicted molar refractivity (Wildman–Crippen MR) is 109 cm³/mol. The van der Waals surface area contributed by atoms with Crippen molar-refractivity contribution in [3.8, 4) is 0 Å². The van der Waals surface area contributed by atoms with Gasteiger partial charge in [-0.05, 0) is 86.4 Å². The Labute approximate surface area is 169 Å². The molecule has 4 aliphatic rings. The fraction of sp³-hybridized carbons (Fsp3) is 0.875. The van der Waals surface area contributed by atoms with Crippen LogP contribution in [0.4, 0.5) is 0 Å². The number of allylic oxidation sites excluding steroid dienone is 1. The monoisotopic (exact) mass is 390 g/mol. The lowest BCUT2D eigenvalue weighted by molar-refractivity contribution is -0.138. The molecule has 0 bridgehead atoms. The fourth-order valence-corrected chi connectivity index (χ4v) is 7.96. The highest BCUT2D eigenvalue weighted by Gasteiger charge is 2.61. The maximum absolute atomic E-state index is 11.4. The van der Waals surface area contributed by atoms with E-state index >= 15 is 0 Å². The van der Waals surface area contributed by atoms with E-state index in [2.05, 4.69) is 26.8 Å². The van der Waals surface area contributed by atoms with Crippen molar-refractivity contribution in [1.82, 2.24) is 0 Å². The molecule has 3 N–H and O–H groups in total. The van der Waals surface area contributed by atoms with Crippen LogP contribution in [-0.4, -0.2) is 33.5 Å². The van der Waals surface area contributed by atoms with E-state index in [1.807, 2.05) is 0 Å². The number of fused-ring (bicyclic) bond motifs is 5. The van der Waals surface area contributed by atoms with Crippen LogP contribution in [0.1, 0.15) is 78.6 Å². The normalized spacial score (nSPS) is 48.8. The molecule has 3 fully saturated rings. The number of rotatable bonds is 4. The van der Waals surface area contributed by atoms with Crippen LogP contribution < -0.4 is 0 Å². The van der Waals surface area contributed by atoms with Crippen molar-refractivity contribution in [2.24, 2.45) is 40.4 Å². The predicted octanol–water partition coefficient (Wildman–Crippen LogP) is 4.40. The average molecular weight is 391 g/mol. The zero-order valence-electron chi connectivity index (χ0n) is 17.7. The summed E-state index contributed by atoms with van der Waals surface area (Å²) >= 11 is 0. The lowest BCUT2D eigenvalue weighted by Crippen LogP contribution is -2.56. The van der Waals surface area contributed by atoms with Gasteiger partial charge in [-0.15, -0.1) is 0 Å². The quantitative estimate of drug-likeness (QED) is 0.622. The Hall–Kier alpha value is -0.870. The van der Waals surface area contributed by atoms with Crippen LogP contribution in [0, 0.1) is 40.4 Å². The number of aliphatic carboxylic acids is 1. The Kier molecular flexibility index (Phi) is 5.19. The van der Waals surface area contributed by atoms with Crippen molar-refractivity contribution in [1.29, 1.82) is 0 Å². The minimum atomic E-state index is -0.724. The maximum Gasteiger partial charge on any atom is 0.303 e. The van der Waals surface area contributed by atoms with Gasteiger partial charge in [-0.3, -0.25) is 4.79 Å². The standard InChI is InChI=1S/C24H38O4/c1-14(4-9-22(27)28)18-7-8-19-17-6-5-15-12-16(25)10-11-23(15,2)20(17)13-21(26)24(18,19)3/h8,14-18,20-21,25-26H,4-7,9-13H2,1-3H3,(H,27,28)/t14-,15-,16-,17?,18-,20+,21+,23+,24-/m1/s1. The summed E-state index contributed by atoms with van der Waals surface area (Å²) in [6, 6.07) is 0. The highest BCUT2D eigenvalue weighted by molar-refractivity contribution is 5.66. The van der Waals surface area contributed by atoms with Gasteiger partial charge in [0.25, 0.3) is 0 Å². The van der Waals surface area contributed by atoms with Crippen LogP contribution in [0.15, 0.2) is 11.6 Å². The first-order valence-corrected chi connectivity index (χ1v) is 11.5. The third-order valence-electron chi connectivity index (χ3n) is 9.72. The van der Waals surface area contributed by atoms with Crippen LogP contribution in [-0.2, 0) is 4.79 Å². The van der Waals surface area contributed by atoms with Crippen molar-refractivity contribution in [3.63, 3.8) is 0 Å². The summed E-state index contributed by atoms with van der Waals surface area (Å²) in [5.41, 5.74) is 1.52. The van der Waals surface area contributed by atoms with Crippen LogP contribution in [0.2, 0.25) is 0 Å². The molecule has 0 aromatic heterocycles. The van der Waals surface area contributed by atoms with Gasteiger partial charge in [-0.25, -0.2) is 0 Å². The highest BCUT2D eigenvalue weighted by Crippen LogP contribution is 2.66. The molecule has 0 aromatic rings. The Bertz CT molecular complexity index is 657. The molecule has 3 saturated carbocycles. The van der Waals surface area contributed by atoms with E-state index in [0.717, 1.165) is 32.1 Å². The van der Waals surface area contributed by atoms with Gasteiger partial charge < -0.3 is 15.3 Å². The molecule has 0 heterocycles. The number of aliphatic hydroxyl groups is 2. The first-order valence-electron chi connectivity index (χ1n) is 11.5. The van der Waals surface area contributed by atoms with Crippen LogP contribution in [0.3, 0.4) is 0 Å². The van der Waals surface area contributed by atoms with E-state index in [1.165, 1.54) is 18.4 Å². The van der Waals surface area contributed by atoms with E-state index in [1.54, 1.807) is 0 Å². The molecule has 0 radical (unpaired) electrons. The molecule has 0 amide bonds. The minimum absolute atomic E-state index is 0.140. The summed E-state index contributed by atoms with van der Waals surface area (Å²) in [4.78, 5) is 11.0. The molecule has 0 spiro atoms. The first-order chi connectivity index (χ1) is 13.2. The number of carboxylic acids is 1. The number of hydrogen-bond acceptors (Lipinski definition) is 3. The molecule has 28 heavy (non-hydrogen) atoms. The Morgan fingerprint density at radius 2 is 1.96 bits per heavy atom. The van der Waals surface area contributed by atoms with E-state index in [0.29, 0.717) is 36.0 Å². The van der Waals surface area contributed by atoms with Crippen LogP contribution >= 0.6 is 0 Å². The van der Waals surface area contributed by atoms with Gasteiger partial charge in [0.05, 0.1) is 12.2 Å². The number of carboxylic acid groups (broad SMARTS) is 1. The van der Waals surface area contributed by atoms with Crippen molar-refractivity contribution < 1.29 is 20.1 Å². The minimum Gasteiger partial charge on any atom is -0.481 e. The molecule has 4 rings (SSSR count). The maximum atomic E-state index is 11.4. The summed E-state index contributed by atoms with van der Waals surface area (Å²) in [5.74, 6) is 1.58. The van der Waals surface area contributed by atoms with E-state index in [4.69, 9.17) is 5.11 Å². The number of hydrogen-bond donors (Lipinski definition) is 3. The van der Waals surface area contributed by atoms with Crippen molar-refractivity contribution in [3.05, 3.63) is 11.6 Å². The third-order valence-corrected chi connectivity index (χ3v) is 9.72. The average Bonchev–Trinajstić information content (AvgIpc) is 3.00. The van der Waals surface area contributed by atoms with Crippen molar-refractivity contribution in [2.75, 3.05) is 0 Å². The number of aliphatic hydroxyl groups excluding tert-OH is 2. The van der Waals surface area contributed by atoms with Crippen LogP contribution in [0.5, 0.6) is 0 Å². The van der Waals surface area contributed by atoms with Gasteiger partial charge in [-0.2, -0.15) is 0 Å². The Balaban J connectivity index is 1.58. The smallest absolute Gasteiger partial charge is 0.303 e. The largest absolute Gasteiger partial charge is 0.481 e. The summed E-state index contributed by atoms with van der Waals surface area (Å²) in [5, 5.41) is 30.7.